The molecule has 1 aliphatic rings. The van der Waals surface area contributed by atoms with Crippen molar-refractivity contribution in [2.24, 2.45) is 0 Å². The van der Waals surface area contributed by atoms with Crippen LogP contribution in [0.15, 0.2) is 12.4 Å². The number of aromatic nitrogens is 4. The fourth-order valence-corrected chi connectivity index (χ4v) is 2.12. The number of aliphatic hydroxyl groups is 2. The van der Waals surface area contributed by atoms with E-state index in [0.717, 1.165) is 0 Å². The third-order valence-electron chi connectivity index (χ3n) is 2.78. The summed E-state index contributed by atoms with van der Waals surface area (Å²) in [4.78, 5) is 9.76. The van der Waals surface area contributed by atoms with Crippen LogP contribution >= 0.6 is 11.6 Å². The minimum absolute atomic E-state index is 0.302. The minimum atomic E-state index is -0.763. The number of hydrogen-bond acceptors (Lipinski definition) is 6. The Morgan fingerprint density at radius 2 is 2.00 bits per heavy atom. The molecule has 2 aromatic heterocycles. The molecule has 17 heavy (non-hydrogen) atoms. The van der Waals surface area contributed by atoms with Crippen LogP contribution in [0.2, 0.25) is 5.15 Å². The molecule has 0 radical (unpaired) electrons. The molecule has 2 aromatic rings. The molecule has 0 aromatic carbocycles. The third kappa shape index (κ3) is 1.72. The third-order valence-corrected chi connectivity index (χ3v) is 2.98. The lowest BCUT2D eigenvalue weighted by Gasteiger charge is -2.17. The van der Waals surface area contributed by atoms with Crippen LogP contribution in [0.3, 0.4) is 0 Å². The van der Waals surface area contributed by atoms with E-state index in [4.69, 9.17) is 11.6 Å². The maximum Gasteiger partial charge on any atom is 0.255 e. The van der Waals surface area contributed by atoms with E-state index in [9.17, 15) is 10.2 Å². The van der Waals surface area contributed by atoms with Gasteiger partial charge in [0.05, 0.1) is 12.2 Å². The maximum absolute atomic E-state index is 9.54. The van der Waals surface area contributed by atoms with E-state index < -0.39 is 12.2 Å². The zero-order valence-electron chi connectivity index (χ0n) is 8.73. The molecule has 2 N–H and O–H groups in total. The molecule has 2 unspecified atom stereocenters. The van der Waals surface area contributed by atoms with Gasteiger partial charge in [-0.15, -0.1) is 0 Å². The van der Waals surface area contributed by atoms with E-state index in [1.54, 1.807) is 11.0 Å². The molecule has 2 atom stereocenters. The van der Waals surface area contributed by atoms with Crippen molar-refractivity contribution >= 4 is 23.2 Å². The molecule has 90 valence electrons. The van der Waals surface area contributed by atoms with E-state index in [1.807, 2.05) is 0 Å². The molecule has 1 fully saturated rings. The van der Waals surface area contributed by atoms with Gasteiger partial charge in [-0.2, -0.15) is 19.6 Å². The van der Waals surface area contributed by atoms with Crippen LogP contribution in [0.1, 0.15) is 0 Å². The van der Waals surface area contributed by atoms with Crippen molar-refractivity contribution in [2.75, 3.05) is 18.0 Å². The lowest BCUT2D eigenvalue weighted by atomic mass is 10.3. The molecule has 0 amide bonds. The summed E-state index contributed by atoms with van der Waals surface area (Å²) < 4.78 is 1.52. The summed E-state index contributed by atoms with van der Waals surface area (Å²) in [6, 6.07) is 1.63. The van der Waals surface area contributed by atoms with Crippen LogP contribution in [-0.4, -0.2) is 55.1 Å². The number of fused-ring (bicyclic) bond motifs is 1. The van der Waals surface area contributed by atoms with E-state index in [0.29, 0.717) is 29.8 Å². The van der Waals surface area contributed by atoms with Crippen molar-refractivity contribution in [3.8, 4) is 0 Å². The molecule has 0 aliphatic carbocycles. The number of nitrogens with zero attached hydrogens (tertiary/aromatic N) is 5. The molecule has 1 saturated heterocycles. The highest BCUT2D eigenvalue weighted by Gasteiger charge is 2.31. The first-order chi connectivity index (χ1) is 8.15. The van der Waals surface area contributed by atoms with Gasteiger partial charge >= 0.3 is 0 Å². The number of aliphatic hydroxyl groups excluding tert-OH is 2. The SMILES string of the molecule is OC1CN(c2cc(Cl)nc3ncnn23)CC1O. The van der Waals surface area contributed by atoms with Crippen LogP contribution in [0, 0.1) is 0 Å². The second-order valence-corrected chi connectivity index (χ2v) is 4.34. The lowest BCUT2D eigenvalue weighted by Crippen LogP contribution is -2.24. The van der Waals surface area contributed by atoms with Gasteiger partial charge in [0, 0.05) is 19.2 Å². The van der Waals surface area contributed by atoms with E-state index >= 15 is 0 Å². The fourth-order valence-electron chi connectivity index (χ4n) is 1.95. The molecule has 3 heterocycles. The second kappa shape index (κ2) is 3.80. The smallest absolute Gasteiger partial charge is 0.255 e. The van der Waals surface area contributed by atoms with Gasteiger partial charge in [0.25, 0.3) is 5.78 Å². The van der Waals surface area contributed by atoms with E-state index in [1.165, 1.54) is 10.8 Å². The summed E-state index contributed by atoms with van der Waals surface area (Å²) in [5, 5.41) is 23.4. The Hall–Kier alpha value is -1.44. The molecule has 8 heteroatoms. The predicted octanol–water partition coefficient (Wildman–Crippen LogP) is -0.681. The summed E-state index contributed by atoms with van der Waals surface area (Å²) in [6.45, 7) is 0.660. The highest BCUT2D eigenvalue weighted by Crippen LogP contribution is 2.23. The van der Waals surface area contributed by atoms with Crippen LogP contribution in [0.5, 0.6) is 0 Å². The van der Waals surface area contributed by atoms with Gasteiger partial charge in [-0.05, 0) is 0 Å². The van der Waals surface area contributed by atoms with Crippen molar-refractivity contribution in [1.29, 1.82) is 0 Å². The van der Waals surface area contributed by atoms with Gasteiger partial charge in [-0.3, -0.25) is 0 Å². The van der Waals surface area contributed by atoms with Gasteiger partial charge in [0.1, 0.15) is 17.3 Å². The Balaban J connectivity index is 2.08. The Kier molecular flexibility index (Phi) is 2.39. The molecule has 7 nitrogen and oxygen atoms in total. The van der Waals surface area contributed by atoms with E-state index in [-0.39, 0.29) is 0 Å². The molecule has 1 aliphatic heterocycles. The van der Waals surface area contributed by atoms with Gasteiger partial charge in [-0.1, -0.05) is 11.6 Å². The highest BCUT2D eigenvalue weighted by molar-refractivity contribution is 6.29. The predicted molar refractivity (Wildman–Crippen MR) is 60.0 cm³/mol. The number of anilines is 1. The average molecular weight is 256 g/mol. The molecule has 0 bridgehead atoms. The second-order valence-electron chi connectivity index (χ2n) is 3.95. The van der Waals surface area contributed by atoms with Crippen molar-refractivity contribution in [3.63, 3.8) is 0 Å². The Morgan fingerprint density at radius 1 is 1.29 bits per heavy atom. The van der Waals surface area contributed by atoms with Crippen LogP contribution in [0.25, 0.3) is 5.78 Å². The Bertz CT molecular complexity index is 549. The summed E-state index contributed by atoms with van der Waals surface area (Å²) in [6.07, 6.45) is -0.147. The molecular weight excluding hydrogens is 246 g/mol. The van der Waals surface area contributed by atoms with Crippen molar-refractivity contribution in [2.45, 2.75) is 12.2 Å². The average Bonchev–Trinajstić information content (AvgIpc) is 2.85. The van der Waals surface area contributed by atoms with Crippen molar-refractivity contribution in [3.05, 3.63) is 17.5 Å². The fraction of sp³-hybridized carbons (Fsp3) is 0.444. The zero-order valence-corrected chi connectivity index (χ0v) is 9.49. The maximum atomic E-state index is 9.54. The first-order valence-electron chi connectivity index (χ1n) is 5.12. The number of rotatable bonds is 1. The molecule has 0 saturated carbocycles. The van der Waals surface area contributed by atoms with Gasteiger partial charge in [0.15, 0.2) is 0 Å². The topological polar surface area (TPSA) is 86.8 Å². The largest absolute Gasteiger partial charge is 0.389 e. The molecular formula is C9H10ClN5O2. The quantitative estimate of drug-likeness (QED) is 0.657. The number of β-amino-alcohol motifs (C(OH)–C–C–N with tert-alkyl or cyclic N) is 2. The van der Waals surface area contributed by atoms with Crippen molar-refractivity contribution < 1.29 is 10.2 Å². The number of halogens is 1. The summed E-state index contributed by atoms with van der Waals surface area (Å²) in [7, 11) is 0. The van der Waals surface area contributed by atoms with Crippen LogP contribution in [-0.2, 0) is 0 Å². The van der Waals surface area contributed by atoms with E-state index in [2.05, 4.69) is 15.1 Å². The highest BCUT2D eigenvalue weighted by atomic mass is 35.5. The zero-order chi connectivity index (χ0) is 12.0. The monoisotopic (exact) mass is 255 g/mol. The normalized spacial score (nSPS) is 24.8. The first kappa shape index (κ1) is 10.7. The van der Waals surface area contributed by atoms with Crippen LogP contribution in [0.4, 0.5) is 5.82 Å². The first-order valence-corrected chi connectivity index (χ1v) is 5.50. The summed E-state index contributed by atoms with van der Waals surface area (Å²) >= 11 is 5.89. The minimum Gasteiger partial charge on any atom is -0.389 e. The van der Waals surface area contributed by atoms with Gasteiger partial charge in [-0.25, -0.2) is 0 Å². The lowest BCUT2D eigenvalue weighted by molar-refractivity contribution is 0.0572. The standard InChI is InChI=1S/C9H10ClN5O2/c10-7-1-8(14-2-5(16)6(17)3-14)15-9(13-7)11-4-12-15/h1,4-6,16-17H,2-3H2. The van der Waals surface area contributed by atoms with Gasteiger partial charge < -0.3 is 15.1 Å². The number of hydrogen-bond donors (Lipinski definition) is 2. The Labute approximate surface area is 101 Å². The Morgan fingerprint density at radius 3 is 2.71 bits per heavy atom. The molecule has 0 spiro atoms. The van der Waals surface area contributed by atoms with Gasteiger partial charge in [0.2, 0.25) is 0 Å². The summed E-state index contributed by atoms with van der Waals surface area (Å²) in [5.74, 6) is 1.05. The van der Waals surface area contributed by atoms with Crippen molar-refractivity contribution in [1.82, 2.24) is 19.6 Å². The summed E-state index contributed by atoms with van der Waals surface area (Å²) in [5.41, 5.74) is 0. The molecule has 3 rings (SSSR count). The van der Waals surface area contributed by atoms with Crippen LogP contribution < -0.4 is 4.90 Å².